The van der Waals surface area contributed by atoms with E-state index in [2.05, 4.69) is 20.3 Å². The van der Waals surface area contributed by atoms with E-state index in [4.69, 9.17) is 0 Å². The van der Waals surface area contributed by atoms with Crippen LogP contribution < -0.4 is 10.1 Å². The SMILES string of the molecule is Cn1cnnc1CNc1ccc(OC(F)F)cc1. The number of ether oxygens (including phenoxy) is 1. The van der Waals surface area contributed by atoms with Crippen molar-refractivity contribution in [3.8, 4) is 5.75 Å². The van der Waals surface area contributed by atoms with Crippen molar-refractivity contribution in [1.29, 1.82) is 0 Å². The first-order chi connectivity index (χ1) is 8.65. The second-order valence-electron chi connectivity index (χ2n) is 3.61. The Morgan fingerprint density at radius 2 is 2.06 bits per heavy atom. The number of anilines is 1. The Balaban J connectivity index is 1.92. The number of rotatable bonds is 5. The lowest BCUT2D eigenvalue weighted by molar-refractivity contribution is -0.0498. The molecule has 1 heterocycles. The molecule has 1 aromatic heterocycles. The molecule has 0 saturated heterocycles. The van der Waals surface area contributed by atoms with E-state index < -0.39 is 6.61 Å². The number of nitrogens with zero attached hydrogens (tertiary/aromatic N) is 3. The first kappa shape index (κ1) is 12.3. The molecule has 0 spiro atoms. The van der Waals surface area contributed by atoms with Gasteiger partial charge < -0.3 is 14.6 Å². The van der Waals surface area contributed by atoms with Gasteiger partial charge in [-0.2, -0.15) is 8.78 Å². The summed E-state index contributed by atoms with van der Waals surface area (Å²) in [6.45, 7) is -2.30. The predicted molar refractivity (Wildman–Crippen MR) is 61.4 cm³/mol. The van der Waals surface area contributed by atoms with Crippen molar-refractivity contribution in [2.45, 2.75) is 13.2 Å². The molecule has 0 bridgehead atoms. The van der Waals surface area contributed by atoms with E-state index in [0.29, 0.717) is 6.54 Å². The molecule has 1 N–H and O–H groups in total. The van der Waals surface area contributed by atoms with Gasteiger partial charge in [-0.05, 0) is 24.3 Å². The van der Waals surface area contributed by atoms with Crippen LogP contribution in [0.1, 0.15) is 5.82 Å². The highest BCUT2D eigenvalue weighted by molar-refractivity contribution is 5.46. The van der Waals surface area contributed by atoms with E-state index in [1.165, 1.54) is 12.1 Å². The van der Waals surface area contributed by atoms with Crippen molar-refractivity contribution in [1.82, 2.24) is 14.8 Å². The monoisotopic (exact) mass is 254 g/mol. The zero-order valence-electron chi connectivity index (χ0n) is 9.68. The van der Waals surface area contributed by atoms with Gasteiger partial charge in [0, 0.05) is 12.7 Å². The minimum absolute atomic E-state index is 0.134. The molecule has 5 nitrogen and oxygen atoms in total. The third-order valence-corrected chi connectivity index (χ3v) is 2.34. The summed E-state index contributed by atoms with van der Waals surface area (Å²) in [6, 6.07) is 6.28. The standard InChI is InChI=1S/C11H12F2N4O/c1-17-7-15-16-10(17)6-14-8-2-4-9(5-3-8)18-11(12)13/h2-5,7,11,14H,6H2,1H3. The van der Waals surface area contributed by atoms with Crippen LogP contribution in [0.15, 0.2) is 30.6 Å². The second kappa shape index (κ2) is 5.44. The molecule has 0 radical (unpaired) electrons. The molecule has 0 aliphatic heterocycles. The number of halogens is 2. The Morgan fingerprint density at radius 1 is 1.33 bits per heavy atom. The fraction of sp³-hybridized carbons (Fsp3) is 0.273. The van der Waals surface area contributed by atoms with Gasteiger partial charge in [-0.25, -0.2) is 0 Å². The third-order valence-electron chi connectivity index (χ3n) is 2.34. The van der Waals surface area contributed by atoms with Gasteiger partial charge in [-0.1, -0.05) is 0 Å². The van der Waals surface area contributed by atoms with Gasteiger partial charge >= 0.3 is 6.61 Å². The van der Waals surface area contributed by atoms with Gasteiger partial charge in [0.15, 0.2) is 5.82 Å². The van der Waals surface area contributed by atoms with E-state index in [-0.39, 0.29) is 5.75 Å². The van der Waals surface area contributed by atoms with Crippen LogP contribution in [0.25, 0.3) is 0 Å². The molecular weight excluding hydrogens is 242 g/mol. The lowest BCUT2D eigenvalue weighted by atomic mass is 10.3. The first-order valence-corrected chi connectivity index (χ1v) is 5.27. The van der Waals surface area contributed by atoms with E-state index in [1.54, 1.807) is 23.0 Å². The topological polar surface area (TPSA) is 52.0 Å². The number of benzene rings is 1. The molecule has 0 amide bonds. The largest absolute Gasteiger partial charge is 0.435 e. The maximum absolute atomic E-state index is 11.9. The van der Waals surface area contributed by atoms with E-state index >= 15 is 0 Å². The summed E-state index contributed by atoms with van der Waals surface area (Å²) >= 11 is 0. The van der Waals surface area contributed by atoms with Gasteiger partial charge in [0.05, 0.1) is 6.54 Å². The predicted octanol–water partition coefficient (Wildman–Crippen LogP) is 2.03. The fourth-order valence-electron chi connectivity index (χ4n) is 1.40. The molecule has 7 heteroatoms. The van der Waals surface area contributed by atoms with Gasteiger partial charge in [-0.3, -0.25) is 0 Å². The van der Waals surface area contributed by atoms with Gasteiger partial charge in [0.2, 0.25) is 0 Å². The number of alkyl halides is 2. The van der Waals surface area contributed by atoms with Crippen molar-refractivity contribution in [3.63, 3.8) is 0 Å². The maximum Gasteiger partial charge on any atom is 0.387 e. The van der Waals surface area contributed by atoms with Crippen LogP contribution in [0.3, 0.4) is 0 Å². The van der Waals surface area contributed by atoms with Crippen LogP contribution in [-0.4, -0.2) is 21.4 Å². The summed E-state index contributed by atoms with van der Waals surface area (Å²) in [7, 11) is 1.84. The average molecular weight is 254 g/mol. The van der Waals surface area contributed by atoms with Crippen molar-refractivity contribution in [2.75, 3.05) is 5.32 Å². The smallest absolute Gasteiger partial charge is 0.387 e. The molecular formula is C11H12F2N4O. The quantitative estimate of drug-likeness (QED) is 0.887. The minimum atomic E-state index is -2.80. The molecule has 0 aliphatic rings. The lowest BCUT2D eigenvalue weighted by Gasteiger charge is -2.07. The maximum atomic E-state index is 11.9. The number of aryl methyl sites for hydroxylation is 1. The first-order valence-electron chi connectivity index (χ1n) is 5.27. The molecule has 0 fully saturated rings. The zero-order valence-corrected chi connectivity index (χ0v) is 9.68. The molecule has 0 saturated carbocycles. The van der Waals surface area contributed by atoms with Crippen LogP contribution in [-0.2, 0) is 13.6 Å². The Hall–Kier alpha value is -2.18. The van der Waals surface area contributed by atoms with Crippen LogP contribution in [0.5, 0.6) is 5.75 Å². The normalized spacial score (nSPS) is 10.7. The summed E-state index contributed by atoms with van der Waals surface area (Å²) in [4.78, 5) is 0. The average Bonchev–Trinajstić information content (AvgIpc) is 2.73. The number of nitrogens with one attached hydrogen (secondary N) is 1. The molecule has 18 heavy (non-hydrogen) atoms. The van der Waals surface area contributed by atoms with Crippen LogP contribution in [0, 0.1) is 0 Å². The van der Waals surface area contributed by atoms with Crippen LogP contribution in [0.4, 0.5) is 14.5 Å². The van der Waals surface area contributed by atoms with Crippen molar-refractivity contribution < 1.29 is 13.5 Å². The van der Waals surface area contributed by atoms with Crippen LogP contribution >= 0.6 is 0 Å². The van der Waals surface area contributed by atoms with E-state index in [9.17, 15) is 8.78 Å². The van der Waals surface area contributed by atoms with E-state index in [0.717, 1.165) is 11.5 Å². The number of hydrogen-bond acceptors (Lipinski definition) is 4. The fourth-order valence-corrected chi connectivity index (χ4v) is 1.40. The number of hydrogen-bond donors (Lipinski definition) is 1. The highest BCUT2D eigenvalue weighted by Gasteiger charge is 2.04. The van der Waals surface area contributed by atoms with Crippen LogP contribution in [0.2, 0.25) is 0 Å². The Bertz CT molecular complexity index is 498. The van der Waals surface area contributed by atoms with E-state index in [1.807, 2.05) is 7.05 Å². The molecule has 0 atom stereocenters. The molecule has 0 unspecified atom stereocenters. The summed E-state index contributed by atoms with van der Waals surface area (Å²) < 4.78 is 29.9. The highest BCUT2D eigenvalue weighted by atomic mass is 19.3. The molecule has 2 aromatic rings. The molecule has 1 aromatic carbocycles. The Labute approximate surface area is 102 Å². The molecule has 96 valence electrons. The van der Waals surface area contributed by atoms with Gasteiger partial charge in [0.1, 0.15) is 12.1 Å². The van der Waals surface area contributed by atoms with Crippen molar-refractivity contribution in [3.05, 3.63) is 36.4 Å². The zero-order chi connectivity index (χ0) is 13.0. The van der Waals surface area contributed by atoms with Crippen molar-refractivity contribution in [2.24, 2.45) is 7.05 Å². The summed E-state index contributed by atoms with van der Waals surface area (Å²) in [5.41, 5.74) is 0.791. The second-order valence-corrected chi connectivity index (χ2v) is 3.61. The molecule has 2 rings (SSSR count). The third kappa shape index (κ3) is 3.16. The Morgan fingerprint density at radius 3 is 2.61 bits per heavy atom. The van der Waals surface area contributed by atoms with Gasteiger partial charge in [-0.15, -0.1) is 10.2 Å². The summed E-state index contributed by atoms with van der Waals surface area (Å²) in [6.07, 6.45) is 1.61. The number of aromatic nitrogens is 3. The lowest BCUT2D eigenvalue weighted by Crippen LogP contribution is -2.06. The molecule has 0 aliphatic carbocycles. The summed E-state index contributed by atoms with van der Waals surface area (Å²) in [5, 5.41) is 10.8. The minimum Gasteiger partial charge on any atom is -0.435 e. The Kier molecular flexibility index (Phi) is 3.71. The highest BCUT2D eigenvalue weighted by Crippen LogP contribution is 2.17. The van der Waals surface area contributed by atoms with Crippen molar-refractivity contribution >= 4 is 5.69 Å². The summed E-state index contributed by atoms with van der Waals surface area (Å²) in [5.74, 6) is 0.914. The van der Waals surface area contributed by atoms with Gasteiger partial charge in [0.25, 0.3) is 0 Å².